The highest BCUT2D eigenvalue weighted by Gasteiger charge is 2.35. The first-order chi connectivity index (χ1) is 11.4. The zero-order valence-corrected chi connectivity index (χ0v) is 13.2. The molecule has 3 rings (SSSR count). The van der Waals surface area contributed by atoms with Crippen molar-refractivity contribution >= 4 is 22.4 Å². The summed E-state index contributed by atoms with van der Waals surface area (Å²) in [6.07, 6.45) is -1.90. The van der Waals surface area contributed by atoms with Crippen LogP contribution in [0.1, 0.15) is 16.1 Å². The van der Waals surface area contributed by atoms with Crippen molar-refractivity contribution in [1.82, 2.24) is 14.8 Å². The van der Waals surface area contributed by atoms with E-state index in [0.717, 1.165) is 16.9 Å². The number of amides is 1. The molecule has 0 radical (unpaired) electrons. The van der Waals surface area contributed by atoms with Gasteiger partial charge in [-0.25, -0.2) is 9.67 Å². The SMILES string of the molecule is CN(C(=O)c1cccc(-n2nccc2C(F)(F)F)c1)c1nccs1. The molecule has 1 aromatic carbocycles. The number of hydrogen-bond donors (Lipinski definition) is 0. The van der Waals surface area contributed by atoms with Gasteiger partial charge in [-0.15, -0.1) is 11.3 Å². The number of rotatable bonds is 3. The molecule has 0 N–H and O–H groups in total. The van der Waals surface area contributed by atoms with E-state index in [1.54, 1.807) is 18.6 Å². The van der Waals surface area contributed by atoms with Gasteiger partial charge in [-0.2, -0.15) is 18.3 Å². The van der Waals surface area contributed by atoms with E-state index in [1.165, 1.54) is 40.5 Å². The number of anilines is 1. The van der Waals surface area contributed by atoms with Crippen molar-refractivity contribution < 1.29 is 18.0 Å². The van der Waals surface area contributed by atoms with Crippen molar-refractivity contribution in [2.75, 3.05) is 11.9 Å². The molecule has 24 heavy (non-hydrogen) atoms. The van der Waals surface area contributed by atoms with Crippen molar-refractivity contribution in [2.24, 2.45) is 0 Å². The van der Waals surface area contributed by atoms with Crippen LogP contribution in [0.2, 0.25) is 0 Å². The Labute approximate surface area is 139 Å². The summed E-state index contributed by atoms with van der Waals surface area (Å²) in [5.41, 5.74) is -0.500. The summed E-state index contributed by atoms with van der Waals surface area (Å²) in [7, 11) is 1.56. The number of carbonyl (C=O) groups excluding carboxylic acids is 1. The lowest BCUT2D eigenvalue weighted by Gasteiger charge is -2.15. The first-order valence-electron chi connectivity index (χ1n) is 6.77. The molecule has 0 aliphatic carbocycles. The molecule has 0 saturated heterocycles. The van der Waals surface area contributed by atoms with E-state index in [2.05, 4.69) is 10.1 Å². The molecule has 0 saturated carbocycles. The third-order valence-corrected chi connectivity index (χ3v) is 4.13. The number of halogens is 3. The normalized spacial score (nSPS) is 11.5. The number of benzene rings is 1. The third kappa shape index (κ3) is 3.02. The fourth-order valence-corrected chi connectivity index (χ4v) is 2.76. The van der Waals surface area contributed by atoms with E-state index in [4.69, 9.17) is 0 Å². The molecule has 0 fully saturated rings. The van der Waals surface area contributed by atoms with Crippen molar-refractivity contribution in [3.05, 3.63) is 59.4 Å². The first-order valence-corrected chi connectivity index (χ1v) is 7.65. The van der Waals surface area contributed by atoms with Gasteiger partial charge in [0.25, 0.3) is 5.91 Å². The molecule has 0 bridgehead atoms. The summed E-state index contributed by atoms with van der Waals surface area (Å²) in [4.78, 5) is 17.9. The van der Waals surface area contributed by atoms with Crippen LogP contribution in [-0.4, -0.2) is 27.7 Å². The van der Waals surface area contributed by atoms with Gasteiger partial charge in [0.15, 0.2) is 5.13 Å². The summed E-state index contributed by atoms with van der Waals surface area (Å²) in [6, 6.07) is 6.76. The van der Waals surface area contributed by atoms with Crippen molar-refractivity contribution in [1.29, 1.82) is 0 Å². The second-order valence-corrected chi connectivity index (χ2v) is 5.73. The Balaban J connectivity index is 1.96. The maximum atomic E-state index is 13.0. The zero-order valence-electron chi connectivity index (χ0n) is 12.4. The lowest BCUT2D eigenvalue weighted by atomic mass is 10.2. The highest BCUT2D eigenvalue weighted by Crippen LogP contribution is 2.30. The Hall–Kier alpha value is -2.68. The van der Waals surface area contributed by atoms with Gasteiger partial charge in [-0.3, -0.25) is 9.69 Å². The second kappa shape index (κ2) is 6.08. The molecule has 0 unspecified atom stereocenters. The molecule has 124 valence electrons. The molecule has 0 atom stereocenters. The smallest absolute Gasteiger partial charge is 0.287 e. The van der Waals surface area contributed by atoms with Gasteiger partial charge in [0.1, 0.15) is 5.69 Å². The summed E-state index contributed by atoms with van der Waals surface area (Å²) >= 11 is 1.29. The Morgan fingerprint density at radius 3 is 2.71 bits per heavy atom. The van der Waals surface area contributed by atoms with Gasteiger partial charge in [-0.1, -0.05) is 6.07 Å². The minimum absolute atomic E-state index is 0.158. The van der Waals surface area contributed by atoms with Crippen LogP contribution in [0, 0.1) is 0 Å². The summed E-state index contributed by atoms with van der Waals surface area (Å²) in [6.45, 7) is 0. The highest BCUT2D eigenvalue weighted by atomic mass is 32.1. The van der Waals surface area contributed by atoms with Crippen LogP contribution in [-0.2, 0) is 6.18 Å². The summed E-state index contributed by atoms with van der Waals surface area (Å²) < 4.78 is 39.8. The average Bonchev–Trinajstić information content (AvgIpc) is 3.24. The first kappa shape index (κ1) is 16.2. The van der Waals surface area contributed by atoms with E-state index < -0.39 is 11.9 Å². The van der Waals surface area contributed by atoms with Gasteiger partial charge >= 0.3 is 6.18 Å². The number of hydrogen-bond acceptors (Lipinski definition) is 4. The molecule has 2 heterocycles. The van der Waals surface area contributed by atoms with Crippen LogP contribution in [0.4, 0.5) is 18.3 Å². The fraction of sp³-hybridized carbons (Fsp3) is 0.133. The Kier molecular flexibility index (Phi) is 4.10. The van der Waals surface area contributed by atoms with E-state index >= 15 is 0 Å². The standard InChI is InChI=1S/C15H11F3N4OS/c1-21(14-19-7-8-24-14)13(23)10-3-2-4-11(9-10)22-12(5-6-20-22)15(16,17)18/h2-9H,1H3. The molecule has 0 aliphatic heterocycles. The van der Waals surface area contributed by atoms with Crippen LogP contribution in [0.3, 0.4) is 0 Å². The topological polar surface area (TPSA) is 51.0 Å². The number of nitrogens with zero attached hydrogens (tertiary/aromatic N) is 4. The quantitative estimate of drug-likeness (QED) is 0.723. The maximum Gasteiger partial charge on any atom is 0.433 e. The maximum absolute atomic E-state index is 13.0. The molecule has 3 aromatic rings. The Morgan fingerprint density at radius 2 is 2.04 bits per heavy atom. The second-order valence-electron chi connectivity index (χ2n) is 4.86. The van der Waals surface area contributed by atoms with E-state index in [1.807, 2.05) is 0 Å². The van der Waals surface area contributed by atoms with Crippen LogP contribution < -0.4 is 4.90 Å². The summed E-state index contributed by atoms with van der Waals surface area (Å²) in [5, 5.41) is 5.94. The number of carbonyl (C=O) groups is 1. The van der Waals surface area contributed by atoms with Crippen LogP contribution in [0.25, 0.3) is 5.69 Å². The average molecular weight is 352 g/mol. The molecular formula is C15H11F3N4OS. The van der Waals surface area contributed by atoms with Gasteiger partial charge in [0, 0.05) is 24.2 Å². The van der Waals surface area contributed by atoms with Crippen molar-refractivity contribution in [2.45, 2.75) is 6.18 Å². The molecule has 2 aromatic heterocycles. The predicted molar refractivity (Wildman–Crippen MR) is 83.4 cm³/mol. The molecule has 9 heteroatoms. The minimum Gasteiger partial charge on any atom is -0.287 e. The number of aromatic nitrogens is 3. The molecule has 0 aliphatic rings. The van der Waals surface area contributed by atoms with Crippen molar-refractivity contribution in [3.8, 4) is 5.69 Å². The predicted octanol–water partition coefficient (Wildman–Crippen LogP) is 3.62. The van der Waals surface area contributed by atoms with E-state index in [0.29, 0.717) is 5.13 Å². The summed E-state index contributed by atoms with van der Waals surface area (Å²) in [5.74, 6) is -0.368. The number of thiazole rings is 1. The largest absolute Gasteiger partial charge is 0.433 e. The lowest BCUT2D eigenvalue weighted by molar-refractivity contribution is -0.142. The van der Waals surface area contributed by atoms with Crippen LogP contribution >= 0.6 is 11.3 Å². The monoisotopic (exact) mass is 352 g/mol. The van der Waals surface area contributed by atoms with Crippen LogP contribution in [0.15, 0.2) is 48.1 Å². The van der Waals surface area contributed by atoms with Gasteiger partial charge in [0.05, 0.1) is 11.9 Å². The van der Waals surface area contributed by atoms with Gasteiger partial charge in [-0.05, 0) is 24.3 Å². The lowest BCUT2D eigenvalue weighted by Crippen LogP contribution is -2.26. The molecule has 0 spiro atoms. The molecule has 5 nitrogen and oxygen atoms in total. The van der Waals surface area contributed by atoms with Crippen LogP contribution in [0.5, 0.6) is 0 Å². The van der Waals surface area contributed by atoms with Crippen molar-refractivity contribution in [3.63, 3.8) is 0 Å². The highest BCUT2D eigenvalue weighted by molar-refractivity contribution is 7.13. The Bertz CT molecular complexity index is 858. The molecule has 1 amide bonds. The minimum atomic E-state index is -4.53. The Morgan fingerprint density at radius 1 is 1.25 bits per heavy atom. The fourth-order valence-electron chi connectivity index (χ4n) is 2.16. The zero-order chi connectivity index (χ0) is 17.3. The molecular weight excluding hydrogens is 341 g/mol. The third-order valence-electron chi connectivity index (χ3n) is 3.28. The van der Waals surface area contributed by atoms with Gasteiger partial charge in [0.2, 0.25) is 0 Å². The van der Waals surface area contributed by atoms with E-state index in [9.17, 15) is 18.0 Å². The van der Waals surface area contributed by atoms with E-state index in [-0.39, 0.29) is 17.2 Å². The van der Waals surface area contributed by atoms with Gasteiger partial charge < -0.3 is 0 Å². The number of alkyl halides is 3.